The Morgan fingerprint density at radius 2 is 1.94 bits per heavy atom. The molecule has 2 aliphatic heterocycles. The van der Waals surface area contributed by atoms with Gasteiger partial charge in [-0.3, -0.25) is 19.3 Å². The lowest BCUT2D eigenvalue weighted by molar-refractivity contribution is -0.127. The number of amides is 3. The van der Waals surface area contributed by atoms with Crippen molar-refractivity contribution in [1.29, 1.82) is 0 Å². The molecule has 2 aromatic carbocycles. The van der Waals surface area contributed by atoms with Crippen LogP contribution in [0.3, 0.4) is 0 Å². The molecule has 9 heteroatoms. The van der Waals surface area contributed by atoms with Gasteiger partial charge in [-0.2, -0.15) is 0 Å². The third-order valence-electron chi connectivity index (χ3n) is 5.56. The van der Waals surface area contributed by atoms with Gasteiger partial charge in [-0.15, -0.1) is 0 Å². The van der Waals surface area contributed by atoms with Gasteiger partial charge in [-0.25, -0.2) is 0 Å². The van der Waals surface area contributed by atoms with E-state index in [1.54, 1.807) is 24.3 Å². The molecule has 0 atom stereocenters. The smallest absolute Gasteiger partial charge is 0.294 e. The third-order valence-corrected chi connectivity index (χ3v) is 6.46. The molecule has 162 valence electrons. The molecule has 0 saturated carbocycles. The van der Waals surface area contributed by atoms with Crippen LogP contribution >= 0.6 is 11.8 Å². The van der Waals surface area contributed by atoms with Gasteiger partial charge in [0.25, 0.3) is 11.1 Å². The number of carbonyl (C=O) groups excluding carboxylic acids is 3. The highest BCUT2D eigenvalue weighted by atomic mass is 32.2. The van der Waals surface area contributed by atoms with E-state index in [4.69, 9.17) is 9.47 Å². The van der Waals surface area contributed by atoms with Gasteiger partial charge in [0.2, 0.25) is 12.7 Å². The second-order valence-corrected chi connectivity index (χ2v) is 8.45. The summed E-state index contributed by atoms with van der Waals surface area (Å²) in [5, 5.41) is 3.22. The Kier molecular flexibility index (Phi) is 4.90. The van der Waals surface area contributed by atoms with Crippen molar-refractivity contribution in [1.82, 2.24) is 9.47 Å². The fraction of sp³-hybridized carbons (Fsp3) is 0.174. The Balaban J connectivity index is 1.34. The van der Waals surface area contributed by atoms with E-state index in [2.05, 4.69) is 5.32 Å². The number of carbonyl (C=O) groups is 3. The van der Waals surface area contributed by atoms with Crippen LogP contribution in [0.2, 0.25) is 0 Å². The minimum atomic E-state index is -0.479. The van der Waals surface area contributed by atoms with Gasteiger partial charge >= 0.3 is 0 Å². The summed E-state index contributed by atoms with van der Waals surface area (Å²) < 4.78 is 12.6. The van der Waals surface area contributed by atoms with Crippen molar-refractivity contribution < 1.29 is 23.9 Å². The fourth-order valence-corrected chi connectivity index (χ4v) is 4.64. The maximum atomic E-state index is 12.9. The number of nitrogens with one attached hydrogen (secondary N) is 1. The molecule has 3 aromatic rings. The lowest BCUT2D eigenvalue weighted by Crippen LogP contribution is -2.36. The molecule has 1 aromatic heterocycles. The van der Waals surface area contributed by atoms with E-state index < -0.39 is 17.1 Å². The number of benzene rings is 2. The largest absolute Gasteiger partial charge is 0.454 e. The highest BCUT2D eigenvalue weighted by molar-refractivity contribution is 8.18. The average molecular weight is 449 g/mol. The van der Waals surface area contributed by atoms with Gasteiger partial charge in [0.1, 0.15) is 6.54 Å². The van der Waals surface area contributed by atoms with E-state index in [1.165, 1.54) is 0 Å². The van der Waals surface area contributed by atoms with E-state index in [0.29, 0.717) is 22.1 Å². The Bertz CT molecular complexity index is 1330. The summed E-state index contributed by atoms with van der Waals surface area (Å²) in [6, 6.07) is 12.9. The molecule has 0 bridgehead atoms. The van der Waals surface area contributed by atoms with Gasteiger partial charge in [0.05, 0.1) is 4.91 Å². The standard InChI is InChI=1S/C23H19N3O5S/c1-13-16(15-5-3-4-6-17(15)25(13)2)10-20-22(28)26(23(29)32-20)11-21(27)24-14-7-8-18-19(9-14)31-12-30-18/h3-10H,11-12H2,1-2H3,(H,24,27)/b20-10+. The molecule has 0 spiro atoms. The lowest BCUT2D eigenvalue weighted by Gasteiger charge is -2.12. The summed E-state index contributed by atoms with van der Waals surface area (Å²) in [5.41, 5.74) is 3.41. The van der Waals surface area contributed by atoms with Crippen LogP contribution in [-0.2, 0) is 16.6 Å². The predicted octanol–water partition coefficient (Wildman–Crippen LogP) is 3.89. The number of hydrogen-bond acceptors (Lipinski definition) is 6. The van der Waals surface area contributed by atoms with E-state index >= 15 is 0 Å². The first-order valence-electron chi connectivity index (χ1n) is 9.91. The van der Waals surface area contributed by atoms with Crippen LogP contribution in [0.15, 0.2) is 47.4 Å². The molecule has 32 heavy (non-hydrogen) atoms. The Morgan fingerprint density at radius 3 is 2.78 bits per heavy atom. The average Bonchev–Trinajstić information content (AvgIpc) is 3.42. The van der Waals surface area contributed by atoms with E-state index in [0.717, 1.165) is 38.8 Å². The van der Waals surface area contributed by atoms with Crippen LogP contribution in [0.5, 0.6) is 11.5 Å². The molecule has 1 fully saturated rings. The summed E-state index contributed by atoms with van der Waals surface area (Å²) in [4.78, 5) is 39.1. The molecular formula is C23H19N3O5S. The van der Waals surface area contributed by atoms with Crippen LogP contribution < -0.4 is 14.8 Å². The van der Waals surface area contributed by atoms with Crippen molar-refractivity contribution in [2.24, 2.45) is 7.05 Å². The third kappa shape index (κ3) is 3.40. The molecule has 1 N–H and O–H groups in total. The quantitative estimate of drug-likeness (QED) is 0.608. The van der Waals surface area contributed by atoms with Gasteiger partial charge in [0, 0.05) is 41.0 Å². The number of aryl methyl sites for hydroxylation is 1. The van der Waals surface area contributed by atoms with Crippen LogP contribution in [0.1, 0.15) is 11.3 Å². The number of aromatic nitrogens is 1. The highest BCUT2D eigenvalue weighted by Crippen LogP contribution is 2.36. The molecule has 2 aliphatic rings. The lowest BCUT2D eigenvalue weighted by atomic mass is 10.1. The van der Waals surface area contributed by atoms with Gasteiger partial charge in [-0.05, 0) is 43.0 Å². The first-order valence-corrected chi connectivity index (χ1v) is 10.7. The predicted molar refractivity (Wildman–Crippen MR) is 122 cm³/mol. The van der Waals surface area contributed by atoms with Crippen LogP contribution in [-0.4, -0.2) is 39.9 Å². The number of nitrogens with zero attached hydrogens (tertiary/aromatic N) is 2. The van der Waals surface area contributed by atoms with Crippen molar-refractivity contribution in [3.63, 3.8) is 0 Å². The number of fused-ring (bicyclic) bond motifs is 2. The molecule has 8 nitrogen and oxygen atoms in total. The SMILES string of the molecule is Cc1c(/C=C2/SC(=O)N(CC(=O)Nc3ccc4c(c3)OCO4)C2=O)c2ccccc2n1C. The van der Waals surface area contributed by atoms with Crippen LogP contribution in [0.4, 0.5) is 10.5 Å². The van der Waals surface area contributed by atoms with Crippen molar-refractivity contribution in [2.75, 3.05) is 18.7 Å². The number of hydrogen-bond donors (Lipinski definition) is 1. The maximum Gasteiger partial charge on any atom is 0.294 e. The summed E-state index contributed by atoms with van der Waals surface area (Å²) in [6.07, 6.45) is 1.73. The molecular weight excluding hydrogens is 430 g/mol. The minimum Gasteiger partial charge on any atom is -0.454 e. The molecule has 0 radical (unpaired) electrons. The van der Waals surface area contributed by atoms with Gasteiger partial charge in [-0.1, -0.05) is 18.2 Å². The Hall–Kier alpha value is -3.72. The molecule has 3 heterocycles. The summed E-state index contributed by atoms with van der Waals surface area (Å²) in [5.74, 6) is 0.173. The van der Waals surface area contributed by atoms with E-state index in [-0.39, 0.29) is 13.3 Å². The van der Waals surface area contributed by atoms with E-state index in [1.807, 2.05) is 42.8 Å². The second kappa shape index (κ2) is 7.76. The Morgan fingerprint density at radius 1 is 1.16 bits per heavy atom. The van der Waals surface area contributed by atoms with Crippen LogP contribution in [0, 0.1) is 6.92 Å². The van der Waals surface area contributed by atoms with Crippen molar-refractivity contribution in [2.45, 2.75) is 6.92 Å². The maximum absolute atomic E-state index is 12.9. The van der Waals surface area contributed by atoms with Crippen LogP contribution in [0.25, 0.3) is 17.0 Å². The van der Waals surface area contributed by atoms with Crippen molar-refractivity contribution in [3.05, 3.63) is 58.6 Å². The monoisotopic (exact) mass is 449 g/mol. The second-order valence-electron chi connectivity index (χ2n) is 7.46. The first-order chi connectivity index (χ1) is 15.4. The molecule has 5 rings (SSSR count). The van der Waals surface area contributed by atoms with E-state index in [9.17, 15) is 14.4 Å². The molecule has 1 saturated heterocycles. The number of imide groups is 1. The number of anilines is 1. The molecule has 0 unspecified atom stereocenters. The minimum absolute atomic E-state index is 0.131. The fourth-order valence-electron chi connectivity index (χ4n) is 3.82. The number of ether oxygens (including phenoxy) is 2. The molecule has 3 amide bonds. The zero-order valence-electron chi connectivity index (χ0n) is 17.4. The zero-order chi connectivity index (χ0) is 22.4. The molecule has 0 aliphatic carbocycles. The summed E-state index contributed by atoms with van der Waals surface area (Å²) >= 11 is 0.840. The summed E-state index contributed by atoms with van der Waals surface area (Å²) in [6.45, 7) is 1.73. The zero-order valence-corrected chi connectivity index (χ0v) is 18.2. The van der Waals surface area contributed by atoms with Crippen molar-refractivity contribution >= 4 is 51.5 Å². The number of rotatable bonds is 4. The highest BCUT2D eigenvalue weighted by Gasteiger charge is 2.36. The Labute approximate surface area is 187 Å². The van der Waals surface area contributed by atoms with Gasteiger partial charge < -0.3 is 19.4 Å². The number of thioether (sulfide) groups is 1. The number of para-hydroxylation sites is 1. The summed E-state index contributed by atoms with van der Waals surface area (Å²) in [7, 11) is 1.96. The van der Waals surface area contributed by atoms with Crippen molar-refractivity contribution in [3.8, 4) is 11.5 Å². The van der Waals surface area contributed by atoms with Gasteiger partial charge in [0.15, 0.2) is 11.5 Å². The topological polar surface area (TPSA) is 89.9 Å². The normalized spacial score (nSPS) is 16.4. The first kappa shape index (κ1) is 20.2.